The number of hydrogen-bond acceptors (Lipinski definition) is 4. The van der Waals surface area contributed by atoms with Gasteiger partial charge in [-0.25, -0.2) is 12.7 Å². The first-order valence-electron chi connectivity index (χ1n) is 7.24. The molecule has 2 aliphatic carbocycles. The summed E-state index contributed by atoms with van der Waals surface area (Å²) >= 11 is 1.42. The third-order valence-electron chi connectivity index (χ3n) is 4.92. The first kappa shape index (κ1) is 14.5. The molecule has 0 saturated heterocycles. The van der Waals surface area contributed by atoms with Gasteiger partial charge in [0.05, 0.1) is 4.90 Å². The minimum Gasteiger partial charge on any atom is -0.326 e. The van der Waals surface area contributed by atoms with E-state index in [9.17, 15) is 8.42 Å². The fraction of sp³-hybridized carbons (Fsp3) is 0.714. The summed E-state index contributed by atoms with van der Waals surface area (Å²) in [5, 5.41) is 1.70. The standard InChI is InChI=1S/C14H22N2O2S2/c1-16(8-12-5-10-2-3-11(12)4-10)20(17,18)14-6-13(7-15)19-9-14/h6,9-12H,2-5,7-8,15H2,1H3. The van der Waals surface area contributed by atoms with Gasteiger partial charge in [0.2, 0.25) is 10.0 Å². The maximum absolute atomic E-state index is 12.5. The smallest absolute Gasteiger partial charge is 0.243 e. The molecule has 2 N–H and O–H groups in total. The number of nitrogens with zero attached hydrogens (tertiary/aromatic N) is 1. The van der Waals surface area contributed by atoms with Crippen LogP contribution in [0.3, 0.4) is 0 Å². The third-order valence-corrected chi connectivity index (χ3v) is 7.82. The molecule has 6 heteroatoms. The van der Waals surface area contributed by atoms with Crippen molar-refractivity contribution in [1.29, 1.82) is 0 Å². The molecule has 2 saturated carbocycles. The van der Waals surface area contributed by atoms with Gasteiger partial charge < -0.3 is 5.73 Å². The fourth-order valence-corrected chi connectivity index (χ4v) is 6.18. The highest BCUT2D eigenvalue weighted by Gasteiger charge is 2.40. The van der Waals surface area contributed by atoms with E-state index in [4.69, 9.17) is 5.73 Å². The van der Waals surface area contributed by atoms with Gasteiger partial charge in [-0.05, 0) is 43.1 Å². The van der Waals surface area contributed by atoms with E-state index in [0.717, 1.165) is 16.7 Å². The molecule has 4 nitrogen and oxygen atoms in total. The predicted octanol–water partition coefficient (Wildman–Crippen LogP) is 2.26. The van der Waals surface area contributed by atoms with Crippen molar-refractivity contribution in [3.63, 3.8) is 0 Å². The van der Waals surface area contributed by atoms with Gasteiger partial charge in [-0.15, -0.1) is 11.3 Å². The molecule has 2 fully saturated rings. The molecule has 112 valence electrons. The van der Waals surface area contributed by atoms with Crippen LogP contribution in [0.25, 0.3) is 0 Å². The highest BCUT2D eigenvalue weighted by molar-refractivity contribution is 7.89. The van der Waals surface area contributed by atoms with E-state index in [1.807, 2.05) is 0 Å². The normalized spacial score (nSPS) is 29.4. The Morgan fingerprint density at radius 3 is 2.75 bits per heavy atom. The molecule has 2 aliphatic rings. The van der Waals surface area contributed by atoms with E-state index in [0.29, 0.717) is 23.9 Å². The molecule has 20 heavy (non-hydrogen) atoms. The molecule has 1 aromatic heterocycles. The topological polar surface area (TPSA) is 63.4 Å². The van der Waals surface area contributed by atoms with Crippen LogP contribution in [0.5, 0.6) is 0 Å². The maximum Gasteiger partial charge on any atom is 0.243 e. The van der Waals surface area contributed by atoms with Crippen LogP contribution in [0.4, 0.5) is 0 Å². The van der Waals surface area contributed by atoms with Gasteiger partial charge in [0.1, 0.15) is 0 Å². The number of hydrogen-bond donors (Lipinski definition) is 1. The molecule has 0 radical (unpaired) electrons. The highest BCUT2D eigenvalue weighted by atomic mass is 32.2. The Hall–Kier alpha value is -0.430. The van der Waals surface area contributed by atoms with Gasteiger partial charge in [0.25, 0.3) is 0 Å². The monoisotopic (exact) mass is 314 g/mol. The number of fused-ring (bicyclic) bond motifs is 2. The fourth-order valence-electron chi connectivity index (χ4n) is 3.81. The Balaban J connectivity index is 1.70. The molecule has 0 amide bonds. The molecule has 1 heterocycles. The first-order chi connectivity index (χ1) is 9.50. The summed E-state index contributed by atoms with van der Waals surface area (Å²) < 4.78 is 26.6. The average Bonchev–Trinajstić information content (AvgIpc) is 3.14. The summed E-state index contributed by atoms with van der Waals surface area (Å²) in [6.45, 7) is 1.06. The van der Waals surface area contributed by atoms with Crippen LogP contribution in [0.2, 0.25) is 0 Å². The lowest BCUT2D eigenvalue weighted by Crippen LogP contribution is -2.33. The highest BCUT2D eigenvalue weighted by Crippen LogP contribution is 2.48. The second-order valence-corrected chi connectivity index (χ2v) is 9.21. The van der Waals surface area contributed by atoms with Crippen molar-refractivity contribution in [2.24, 2.45) is 23.5 Å². The number of thiophene rings is 1. The van der Waals surface area contributed by atoms with Crippen molar-refractivity contribution >= 4 is 21.4 Å². The lowest BCUT2D eigenvalue weighted by molar-refractivity contribution is 0.280. The Kier molecular flexibility index (Phi) is 3.92. The van der Waals surface area contributed by atoms with Crippen molar-refractivity contribution in [2.45, 2.75) is 37.1 Å². The summed E-state index contributed by atoms with van der Waals surface area (Å²) in [7, 11) is -1.63. The summed E-state index contributed by atoms with van der Waals surface area (Å²) in [5.41, 5.74) is 5.56. The largest absolute Gasteiger partial charge is 0.326 e. The second kappa shape index (κ2) is 5.40. The number of sulfonamides is 1. The molecule has 2 bridgehead atoms. The number of nitrogens with two attached hydrogens (primary N) is 1. The molecular weight excluding hydrogens is 292 g/mol. The first-order valence-corrected chi connectivity index (χ1v) is 9.56. The molecule has 3 atom stereocenters. The predicted molar refractivity (Wildman–Crippen MR) is 81.0 cm³/mol. The van der Waals surface area contributed by atoms with Crippen LogP contribution >= 0.6 is 11.3 Å². The van der Waals surface area contributed by atoms with Gasteiger partial charge in [-0.2, -0.15) is 0 Å². The molecule has 0 aliphatic heterocycles. The molecule has 1 aromatic rings. The molecule has 3 rings (SSSR count). The Labute approximate surface area is 125 Å². The third kappa shape index (κ3) is 2.54. The van der Waals surface area contributed by atoms with Crippen LogP contribution in [-0.2, 0) is 16.6 Å². The van der Waals surface area contributed by atoms with Gasteiger partial charge >= 0.3 is 0 Å². The zero-order chi connectivity index (χ0) is 14.3. The quantitative estimate of drug-likeness (QED) is 0.907. The zero-order valence-corrected chi connectivity index (χ0v) is 13.4. The van der Waals surface area contributed by atoms with Crippen molar-refractivity contribution in [3.8, 4) is 0 Å². The number of rotatable bonds is 5. The van der Waals surface area contributed by atoms with Crippen LogP contribution in [0.15, 0.2) is 16.3 Å². The Morgan fingerprint density at radius 1 is 1.40 bits per heavy atom. The molecule has 0 spiro atoms. The van der Waals surface area contributed by atoms with Gasteiger partial charge in [-0.3, -0.25) is 0 Å². The Bertz CT molecular complexity index is 582. The summed E-state index contributed by atoms with van der Waals surface area (Å²) in [6, 6.07) is 1.71. The average molecular weight is 314 g/mol. The van der Waals surface area contributed by atoms with E-state index in [1.165, 1.54) is 37.0 Å². The van der Waals surface area contributed by atoms with E-state index in [2.05, 4.69) is 0 Å². The molecule has 3 unspecified atom stereocenters. The lowest BCUT2D eigenvalue weighted by Gasteiger charge is -2.26. The van der Waals surface area contributed by atoms with Crippen molar-refractivity contribution in [3.05, 3.63) is 16.3 Å². The van der Waals surface area contributed by atoms with Crippen molar-refractivity contribution in [2.75, 3.05) is 13.6 Å². The van der Waals surface area contributed by atoms with Gasteiger partial charge in [-0.1, -0.05) is 6.42 Å². The van der Waals surface area contributed by atoms with Crippen LogP contribution in [0, 0.1) is 17.8 Å². The minimum atomic E-state index is -3.34. The van der Waals surface area contributed by atoms with Crippen LogP contribution in [-0.4, -0.2) is 26.3 Å². The minimum absolute atomic E-state index is 0.397. The van der Waals surface area contributed by atoms with Crippen molar-refractivity contribution in [1.82, 2.24) is 4.31 Å². The molecule has 0 aromatic carbocycles. The summed E-state index contributed by atoms with van der Waals surface area (Å²) in [4.78, 5) is 1.31. The van der Waals surface area contributed by atoms with E-state index >= 15 is 0 Å². The van der Waals surface area contributed by atoms with E-state index in [-0.39, 0.29) is 0 Å². The summed E-state index contributed by atoms with van der Waals surface area (Å²) in [6.07, 6.45) is 5.16. The second-order valence-electron chi connectivity index (χ2n) is 6.17. The summed E-state index contributed by atoms with van der Waals surface area (Å²) in [5.74, 6) is 2.16. The van der Waals surface area contributed by atoms with Gasteiger partial charge in [0, 0.05) is 30.4 Å². The van der Waals surface area contributed by atoms with Crippen LogP contribution < -0.4 is 5.73 Å². The van der Waals surface area contributed by atoms with Gasteiger partial charge in [0.15, 0.2) is 0 Å². The Morgan fingerprint density at radius 2 is 2.20 bits per heavy atom. The zero-order valence-electron chi connectivity index (χ0n) is 11.8. The van der Waals surface area contributed by atoms with Crippen LogP contribution in [0.1, 0.15) is 30.6 Å². The maximum atomic E-state index is 12.5. The van der Waals surface area contributed by atoms with Crippen molar-refractivity contribution < 1.29 is 8.42 Å². The van der Waals surface area contributed by atoms with E-state index < -0.39 is 10.0 Å². The molecular formula is C14H22N2O2S2. The van der Waals surface area contributed by atoms with E-state index in [1.54, 1.807) is 22.8 Å². The lowest BCUT2D eigenvalue weighted by atomic mass is 9.89. The SMILES string of the molecule is CN(CC1CC2CCC1C2)S(=O)(=O)c1csc(CN)c1.